The van der Waals surface area contributed by atoms with E-state index >= 15 is 0 Å². The van der Waals surface area contributed by atoms with Crippen LogP contribution in [0, 0.1) is 41.9 Å². The van der Waals surface area contributed by atoms with Crippen molar-refractivity contribution in [2.75, 3.05) is 6.61 Å². The maximum Gasteiger partial charge on any atom is 0.171 e. The maximum atomic E-state index is 6.88. The Kier molecular flexibility index (Phi) is 4.12. The number of hydrogen-bond donors (Lipinski definition) is 0. The number of ether oxygens (including phenoxy) is 2. The Morgan fingerprint density at radius 1 is 1.07 bits per heavy atom. The molecule has 2 heterocycles. The van der Waals surface area contributed by atoms with Crippen LogP contribution in [0.3, 0.4) is 0 Å². The van der Waals surface area contributed by atoms with Crippen LogP contribution in [0.1, 0.15) is 81.9 Å². The molecule has 0 N–H and O–H groups in total. The fourth-order valence-corrected chi connectivity index (χ4v) is 8.82. The van der Waals surface area contributed by atoms with E-state index in [1.54, 1.807) is 11.1 Å². The molecule has 29 heavy (non-hydrogen) atoms. The molecule has 1 aromatic rings. The number of fused-ring (bicyclic) bond motifs is 7. The SMILES string of the molecule is Cc1cccc2c1CC[C@@H]1[C@@H]2CC[C@]2(C)[C@@H]3[C@H](C[C@@H]12)O[C@]1(CC[C@@H](C)CO1)[C@H]3C. The molecule has 3 aliphatic carbocycles. The molecule has 158 valence electrons. The first-order chi connectivity index (χ1) is 13.9. The third kappa shape index (κ3) is 2.48. The lowest BCUT2D eigenvalue weighted by Gasteiger charge is -2.52. The lowest BCUT2D eigenvalue weighted by Crippen LogP contribution is -2.48. The van der Waals surface area contributed by atoms with Gasteiger partial charge < -0.3 is 9.47 Å². The fourth-order valence-electron chi connectivity index (χ4n) is 8.82. The second-order valence-electron chi connectivity index (χ2n) is 11.6. The van der Waals surface area contributed by atoms with Crippen LogP contribution >= 0.6 is 0 Å². The molecule has 0 unspecified atom stereocenters. The predicted molar refractivity (Wildman–Crippen MR) is 116 cm³/mol. The average Bonchev–Trinajstić information content (AvgIpc) is 3.15. The molecule has 0 bridgehead atoms. The molecule has 0 aromatic heterocycles. The molecule has 2 saturated heterocycles. The van der Waals surface area contributed by atoms with Crippen molar-refractivity contribution in [2.24, 2.45) is 35.0 Å². The molecule has 2 saturated carbocycles. The molecule has 1 spiro atoms. The van der Waals surface area contributed by atoms with E-state index in [4.69, 9.17) is 9.47 Å². The van der Waals surface area contributed by atoms with Gasteiger partial charge in [0.2, 0.25) is 0 Å². The maximum absolute atomic E-state index is 6.88. The Labute approximate surface area is 176 Å². The normalized spacial score (nSPS) is 50.7. The molecule has 0 radical (unpaired) electrons. The predicted octanol–water partition coefficient (Wildman–Crippen LogP) is 6.25. The smallest absolute Gasteiger partial charge is 0.171 e. The zero-order valence-corrected chi connectivity index (χ0v) is 18.7. The van der Waals surface area contributed by atoms with Gasteiger partial charge in [0.1, 0.15) is 0 Å². The minimum Gasteiger partial charge on any atom is -0.349 e. The number of rotatable bonds is 0. The Morgan fingerprint density at radius 3 is 2.72 bits per heavy atom. The minimum atomic E-state index is -0.275. The molecule has 2 aliphatic heterocycles. The van der Waals surface area contributed by atoms with Gasteiger partial charge in [-0.2, -0.15) is 0 Å². The molecule has 1 aromatic carbocycles. The van der Waals surface area contributed by atoms with Gasteiger partial charge in [0.25, 0.3) is 0 Å². The van der Waals surface area contributed by atoms with Gasteiger partial charge in [0.05, 0.1) is 12.7 Å². The standard InChI is InChI=1S/C27H38O2/c1-16-10-13-27(28-15-16)18(3)25-24(29-27)14-23-22-9-8-19-17(2)6-5-7-20(19)21(22)11-12-26(23,25)4/h5-7,16,18,21-25H,8-15H2,1-4H3/t16-,18+,21-,22-,23+,24+,25+,26+,27-/m1/s1. The molecule has 0 amide bonds. The van der Waals surface area contributed by atoms with E-state index in [0.717, 1.165) is 30.8 Å². The summed E-state index contributed by atoms with van der Waals surface area (Å²) in [5, 5.41) is 0. The van der Waals surface area contributed by atoms with Gasteiger partial charge in [0.15, 0.2) is 5.79 Å². The summed E-state index contributed by atoms with van der Waals surface area (Å²) in [5.41, 5.74) is 5.31. The highest BCUT2D eigenvalue weighted by atomic mass is 16.7. The van der Waals surface area contributed by atoms with Crippen LogP contribution < -0.4 is 0 Å². The Bertz CT molecular complexity index is 807. The third-order valence-corrected chi connectivity index (χ3v) is 10.3. The number of aryl methyl sites for hydroxylation is 1. The minimum absolute atomic E-state index is 0.275. The summed E-state index contributed by atoms with van der Waals surface area (Å²) in [5.74, 6) is 4.08. The van der Waals surface area contributed by atoms with E-state index < -0.39 is 0 Å². The molecule has 2 nitrogen and oxygen atoms in total. The molecule has 2 heteroatoms. The molecule has 4 fully saturated rings. The van der Waals surface area contributed by atoms with Crippen molar-refractivity contribution in [1.82, 2.24) is 0 Å². The van der Waals surface area contributed by atoms with Crippen molar-refractivity contribution in [3.8, 4) is 0 Å². The van der Waals surface area contributed by atoms with Gasteiger partial charge in [-0.05, 0) is 97.1 Å². The topological polar surface area (TPSA) is 18.5 Å². The Balaban J connectivity index is 1.30. The van der Waals surface area contributed by atoms with Crippen LogP contribution in [0.2, 0.25) is 0 Å². The van der Waals surface area contributed by atoms with Gasteiger partial charge in [0, 0.05) is 12.3 Å². The zero-order chi connectivity index (χ0) is 20.0. The van der Waals surface area contributed by atoms with Crippen LogP contribution in [0.5, 0.6) is 0 Å². The summed E-state index contributed by atoms with van der Waals surface area (Å²) in [6, 6.07) is 7.05. The van der Waals surface area contributed by atoms with E-state index in [1.165, 1.54) is 44.1 Å². The van der Waals surface area contributed by atoms with Crippen LogP contribution in [-0.4, -0.2) is 18.5 Å². The summed E-state index contributed by atoms with van der Waals surface area (Å²) in [6.07, 6.45) is 9.46. The largest absolute Gasteiger partial charge is 0.349 e. The van der Waals surface area contributed by atoms with Gasteiger partial charge in [-0.1, -0.05) is 39.0 Å². The summed E-state index contributed by atoms with van der Waals surface area (Å²) in [4.78, 5) is 0. The van der Waals surface area contributed by atoms with Gasteiger partial charge in [-0.15, -0.1) is 0 Å². The fraction of sp³-hybridized carbons (Fsp3) is 0.778. The Hall–Kier alpha value is -0.860. The molecule has 6 rings (SSSR count). The van der Waals surface area contributed by atoms with Crippen molar-refractivity contribution in [2.45, 2.75) is 90.4 Å². The van der Waals surface area contributed by atoms with Crippen LogP contribution in [0.25, 0.3) is 0 Å². The first kappa shape index (κ1) is 18.9. The van der Waals surface area contributed by atoms with E-state index in [1.807, 2.05) is 0 Å². The van der Waals surface area contributed by atoms with Crippen molar-refractivity contribution >= 4 is 0 Å². The van der Waals surface area contributed by atoms with Crippen LogP contribution in [0.15, 0.2) is 18.2 Å². The third-order valence-electron chi connectivity index (χ3n) is 10.3. The van der Waals surface area contributed by atoms with E-state index in [9.17, 15) is 0 Å². The lowest BCUT2D eigenvalue weighted by molar-refractivity contribution is -0.272. The molecular formula is C27H38O2. The second kappa shape index (κ2) is 6.33. The molecule has 9 atom stereocenters. The number of hydrogen-bond acceptors (Lipinski definition) is 2. The summed E-state index contributed by atoms with van der Waals surface area (Å²) >= 11 is 0. The van der Waals surface area contributed by atoms with Gasteiger partial charge in [-0.3, -0.25) is 0 Å². The summed E-state index contributed by atoms with van der Waals surface area (Å²) < 4.78 is 13.3. The molecular weight excluding hydrogens is 356 g/mol. The highest BCUT2D eigenvalue weighted by molar-refractivity contribution is 5.40. The van der Waals surface area contributed by atoms with Crippen molar-refractivity contribution in [3.63, 3.8) is 0 Å². The lowest BCUT2D eigenvalue weighted by atomic mass is 9.52. The summed E-state index contributed by atoms with van der Waals surface area (Å²) in [7, 11) is 0. The van der Waals surface area contributed by atoms with Gasteiger partial charge in [-0.25, -0.2) is 0 Å². The average molecular weight is 395 g/mol. The van der Waals surface area contributed by atoms with E-state index in [-0.39, 0.29) is 5.79 Å². The van der Waals surface area contributed by atoms with Crippen molar-refractivity contribution in [3.05, 3.63) is 34.9 Å². The monoisotopic (exact) mass is 394 g/mol. The quantitative estimate of drug-likeness (QED) is 0.517. The summed E-state index contributed by atoms with van der Waals surface area (Å²) in [6.45, 7) is 10.6. The van der Waals surface area contributed by atoms with Gasteiger partial charge >= 0.3 is 0 Å². The van der Waals surface area contributed by atoms with Crippen molar-refractivity contribution in [1.29, 1.82) is 0 Å². The second-order valence-corrected chi connectivity index (χ2v) is 11.6. The van der Waals surface area contributed by atoms with E-state index in [0.29, 0.717) is 29.3 Å². The zero-order valence-electron chi connectivity index (χ0n) is 18.7. The highest BCUT2D eigenvalue weighted by Crippen LogP contribution is 2.69. The van der Waals surface area contributed by atoms with Crippen LogP contribution in [-0.2, 0) is 15.9 Å². The number of benzene rings is 1. The van der Waals surface area contributed by atoms with E-state index in [2.05, 4.69) is 45.9 Å². The van der Waals surface area contributed by atoms with Crippen LogP contribution in [0.4, 0.5) is 0 Å². The Morgan fingerprint density at radius 2 is 1.93 bits per heavy atom. The van der Waals surface area contributed by atoms with Crippen molar-refractivity contribution < 1.29 is 9.47 Å². The first-order valence-electron chi connectivity index (χ1n) is 12.3. The molecule has 5 aliphatic rings. The first-order valence-corrected chi connectivity index (χ1v) is 12.3. The highest BCUT2D eigenvalue weighted by Gasteiger charge is 2.67.